The first-order valence-electron chi connectivity index (χ1n) is 13.6. The molecular formula is C28H35F3N6O4. The zero-order valence-corrected chi connectivity index (χ0v) is 23.6. The fourth-order valence-corrected chi connectivity index (χ4v) is 6.12. The number of aromatic nitrogens is 1. The second kappa shape index (κ2) is 10.6. The maximum atomic E-state index is 14.0. The summed E-state index contributed by atoms with van der Waals surface area (Å²) in [5.41, 5.74) is -2.64. The number of hydrogen-bond donors (Lipinski definition) is 3. The highest BCUT2D eigenvalue weighted by Crippen LogP contribution is 2.65. The van der Waals surface area contributed by atoms with Gasteiger partial charge in [0.25, 0.3) is 5.91 Å². The molecule has 0 spiro atoms. The molecule has 41 heavy (non-hydrogen) atoms. The van der Waals surface area contributed by atoms with Crippen molar-refractivity contribution in [1.82, 2.24) is 25.8 Å². The summed E-state index contributed by atoms with van der Waals surface area (Å²) in [6, 6.07) is 0.385. The number of nitriles is 1. The topological polar surface area (TPSA) is 144 Å². The van der Waals surface area contributed by atoms with Gasteiger partial charge in [-0.1, -0.05) is 34.6 Å². The molecule has 222 valence electrons. The number of nitrogens with one attached hydrogen (secondary N) is 3. The van der Waals surface area contributed by atoms with E-state index in [0.717, 1.165) is 12.3 Å². The lowest BCUT2D eigenvalue weighted by Gasteiger charge is -2.37. The molecule has 1 saturated carbocycles. The Morgan fingerprint density at radius 1 is 1.24 bits per heavy atom. The Morgan fingerprint density at radius 2 is 1.93 bits per heavy atom. The molecule has 1 aromatic heterocycles. The number of fused-ring (bicyclic) bond motifs is 1. The van der Waals surface area contributed by atoms with Gasteiger partial charge < -0.3 is 20.9 Å². The number of halogens is 3. The van der Waals surface area contributed by atoms with Crippen LogP contribution >= 0.6 is 0 Å². The Balaban J connectivity index is 1.54. The zero-order chi connectivity index (χ0) is 30.5. The average molecular weight is 577 g/mol. The van der Waals surface area contributed by atoms with Gasteiger partial charge in [-0.15, -0.1) is 0 Å². The minimum atomic E-state index is -4.68. The van der Waals surface area contributed by atoms with Crippen molar-refractivity contribution in [2.75, 3.05) is 13.1 Å². The molecule has 3 N–H and O–H groups in total. The van der Waals surface area contributed by atoms with Crippen molar-refractivity contribution >= 4 is 23.6 Å². The quantitative estimate of drug-likeness (QED) is 0.454. The number of piperidine rings is 1. The SMILES string of the molecule is CC(C)(C)[C@H](NC(=O)c1cc(C(F)(F)F)ccn1)C(=O)N1C[C@H]2[C@@H]([C@H]1C(=O)N[C@H](C#N)C[C@@H]1CCNC1=O)C2(C)C. The molecule has 0 bridgehead atoms. The van der Waals surface area contributed by atoms with Crippen molar-refractivity contribution in [3.63, 3.8) is 0 Å². The van der Waals surface area contributed by atoms with E-state index in [9.17, 15) is 37.6 Å². The minimum absolute atomic E-state index is 0.0183. The van der Waals surface area contributed by atoms with Gasteiger partial charge >= 0.3 is 6.18 Å². The molecule has 10 nitrogen and oxygen atoms in total. The van der Waals surface area contributed by atoms with Crippen LogP contribution in [0.4, 0.5) is 13.2 Å². The Bertz CT molecular complexity index is 1280. The minimum Gasteiger partial charge on any atom is -0.356 e. The number of carbonyl (C=O) groups is 4. The third kappa shape index (κ3) is 6.01. The molecule has 1 aromatic rings. The summed E-state index contributed by atoms with van der Waals surface area (Å²) in [6.45, 7) is 9.85. The third-order valence-electron chi connectivity index (χ3n) is 8.62. The van der Waals surface area contributed by atoms with Crippen molar-refractivity contribution in [3.05, 3.63) is 29.6 Å². The van der Waals surface area contributed by atoms with Gasteiger partial charge in [-0.25, -0.2) is 0 Å². The summed E-state index contributed by atoms with van der Waals surface area (Å²) in [5, 5.41) is 17.7. The van der Waals surface area contributed by atoms with Gasteiger partial charge in [0.15, 0.2) is 0 Å². The standard InChI is InChI=1S/C28H35F3N6O4/c1-26(2,3)21(36-23(39)18-11-15(7-9-33-18)28(29,30)31)25(41)37-13-17-19(27(17,4)5)20(37)24(40)35-16(12-32)10-14-6-8-34-22(14)38/h7,9,11,14,16-17,19-21H,6,8,10,13H2,1-5H3,(H,34,38)(H,35,40)(H,36,39)/t14-,16-,17-,19-,20-,21+/m0/s1. The fraction of sp³-hybridized carbons (Fsp3) is 0.643. The second-order valence-corrected chi connectivity index (χ2v) is 12.8. The molecule has 13 heteroatoms. The van der Waals surface area contributed by atoms with Crippen molar-refractivity contribution in [2.24, 2.45) is 28.6 Å². The van der Waals surface area contributed by atoms with Crippen LogP contribution < -0.4 is 16.0 Å². The number of rotatable bonds is 7. The van der Waals surface area contributed by atoms with Crippen LogP contribution in [0.2, 0.25) is 0 Å². The van der Waals surface area contributed by atoms with Crippen LogP contribution in [0.1, 0.15) is 63.5 Å². The number of carbonyl (C=O) groups excluding carboxylic acids is 4. The molecule has 0 unspecified atom stereocenters. The first-order chi connectivity index (χ1) is 19.0. The maximum Gasteiger partial charge on any atom is 0.416 e. The predicted molar refractivity (Wildman–Crippen MR) is 139 cm³/mol. The number of alkyl halides is 3. The first kappa shape index (κ1) is 30.3. The third-order valence-corrected chi connectivity index (χ3v) is 8.62. The van der Waals surface area contributed by atoms with Gasteiger partial charge in [0.05, 0.1) is 11.6 Å². The maximum absolute atomic E-state index is 14.0. The van der Waals surface area contributed by atoms with Crippen LogP contribution in [0.5, 0.6) is 0 Å². The molecule has 0 aromatic carbocycles. The molecule has 4 rings (SSSR count). The van der Waals surface area contributed by atoms with E-state index in [4.69, 9.17) is 0 Å². The molecule has 2 saturated heterocycles. The van der Waals surface area contributed by atoms with E-state index < -0.39 is 64.6 Å². The number of amides is 4. The molecule has 3 aliphatic rings. The summed E-state index contributed by atoms with van der Waals surface area (Å²) in [7, 11) is 0. The van der Waals surface area contributed by atoms with E-state index >= 15 is 0 Å². The highest BCUT2D eigenvalue weighted by molar-refractivity contribution is 5.98. The van der Waals surface area contributed by atoms with E-state index in [0.29, 0.717) is 19.0 Å². The summed E-state index contributed by atoms with van der Waals surface area (Å²) in [6.07, 6.45) is -3.09. The molecular weight excluding hydrogens is 541 g/mol. The van der Waals surface area contributed by atoms with Crippen molar-refractivity contribution in [3.8, 4) is 6.07 Å². The van der Waals surface area contributed by atoms with E-state index in [1.165, 1.54) is 4.90 Å². The van der Waals surface area contributed by atoms with Gasteiger partial charge in [-0.05, 0) is 47.6 Å². The number of nitrogens with zero attached hydrogens (tertiary/aromatic N) is 3. The van der Waals surface area contributed by atoms with Crippen LogP contribution in [0, 0.1) is 39.9 Å². The lowest BCUT2D eigenvalue weighted by molar-refractivity contribution is -0.144. The summed E-state index contributed by atoms with van der Waals surface area (Å²) >= 11 is 0. The molecule has 3 fully saturated rings. The van der Waals surface area contributed by atoms with Crippen LogP contribution in [-0.4, -0.2) is 64.7 Å². The predicted octanol–water partition coefficient (Wildman–Crippen LogP) is 2.26. The largest absolute Gasteiger partial charge is 0.416 e. The summed E-state index contributed by atoms with van der Waals surface area (Å²) < 4.78 is 39.6. The van der Waals surface area contributed by atoms with Gasteiger partial charge in [0, 0.05) is 25.2 Å². The Kier molecular flexibility index (Phi) is 7.84. The second-order valence-electron chi connectivity index (χ2n) is 12.8. The monoisotopic (exact) mass is 576 g/mol. The smallest absolute Gasteiger partial charge is 0.356 e. The van der Waals surface area contributed by atoms with E-state index in [-0.39, 0.29) is 36.1 Å². The van der Waals surface area contributed by atoms with E-state index in [2.05, 4.69) is 20.9 Å². The van der Waals surface area contributed by atoms with Crippen LogP contribution in [0.3, 0.4) is 0 Å². The Hall–Kier alpha value is -3.69. The summed E-state index contributed by atoms with van der Waals surface area (Å²) in [5.74, 6) is -2.73. The van der Waals surface area contributed by atoms with Gasteiger partial charge in [-0.2, -0.15) is 18.4 Å². The van der Waals surface area contributed by atoms with Gasteiger partial charge in [-0.3, -0.25) is 24.2 Å². The normalized spacial score (nSPS) is 26.3. The number of likely N-dealkylation sites (tertiary alicyclic amines) is 1. The zero-order valence-electron chi connectivity index (χ0n) is 23.6. The van der Waals surface area contributed by atoms with Gasteiger partial charge in [0.2, 0.25) is 17.7 Å². The Labute approximate surface area is 236 Å². The molecule has 6 atom stereocenters. The van der Waals surface area contributed by atoms with Crippen molar-refractivity contribution in [2.45, 2.75) is 71.8 Å². The average Bonchev–Trinajstić information content (AvgIpc) is 3.23. The summed E-state index contributed by atoms with van der Waals surface area (Å²) in [4.78, 5) is 57.7. The van der Waals surface area contributed by atoms with Crippen molar-refractivity contribution in [1.29, 1.82) is 5.26 Å². The molecule has 1 aliphatic carbocycles. The number of pyridine rings is 1. The molecule has 2 aliphatic heterocycles. The van der Waals surface area contributed by atoms with Crippen molar-refractivity contribution < 1.29 is 32.3 Å². The number of hydrogen-bond acceptors (Lipinski definition) is 6. The molecule has 4 amide bonds. The lowest BCUT2D eigenvalue weighted by atomic mass is 9.85. The first-order valence-corrected chi connectivity index (χ1v) is 13.6. The van der Waals surface area contributed by atoms with E-state index in [1.807, 2.05) is 19.9 Å². The Morgan fingerprint density at radius 3 is 2.49 bits per heavy atom. The fourth-order valence-electron chi connectivity index (χ4n) is 6.12. The van der Waals surface area contributed by atoms with Crippen LogP contribution in [0.25, 0.3) is 0 Å². The van der Waals surface area contributed by atoms with Gasteiger partial charge in [0.1, 0.15) is 23.8 Å². The molecule has 3 heterocycles. The molecule has 0 radical (unpaired) electrons. The van der Waals surface area contributed by atoms with E-state index in [1.54, 1.807) is 20.8 Å². The lowest BCUT2D eigenvalue weighted by Crippen LogP contribution is -2.59. The highest BCUT2D eigenvalue weighted by atomic mass is 19.4. The van der Waals surface area contributed by atoms with Crippen LogP contribution in [0.15, 0.2) is 18.3 Å². The van der Waals surface area contributed by atoms with Crippen LogP contribution in [-0.2, 0) is 20.6 Å². The highest BCUT2D eigenvalue weighted by Gasteiger charge is 2.69.